The molecule has 0 aromatic carbocycles. The fourth-order valence-corrected chi connectivity index (χ4v) is 1.56. The zero-order valence-electron chi connectivity index (χ0n) is 9.73. The molecule has 0 saturated heterocycles. The monoisotopic (exact) mass is 202 g/mol. The van der Waals surface area contributed by atoms with E-state index in [1.165, 1.54) is 0 Å². The lowest BCUT2D eigenvalue weighted by Gasteiger charge is -2.36. The predicted molar refractivity (Wildman–Crippen MR) is 59.0 cm³/mol. The van der Waals surface area contributed by atoms with Gasteiger partial charge in [-0.25, -0.2) is 0 Å². The lowest BCUT2D eigenvalue weighted by molar-refractivity contribution is 0.109. The van der Waals surface area contributed by atoms with Crippen LogP contribution in [0.5, 0.6) is 0 Å². The number of ether oxygens (including phenoxy) is 1. The summed E-state index contributed by atoms with van der Waals surface area (Å²) >= 11 is 0. The van der Waals surface area contributed by atoms with Crippen LogP contribution < -0.4 is 0 Å². The van der Waals surface area contributed by atoms with Gasteiger partial charge in [0.1, 0.15) is 0 Å². The maximum Gasteiger partial charge on any atom is 0.257 e. The van der Waals surface area contributed by atoms with E-state index < -0.39 is 8.32 Å². The van der Waals surface area contributed by atoms with Crippen molar-refractivity contribution < 1.29 is 9.16 Å². The van der Waals surface area contributed by atoms with Gasteiger partial charge in [0.25, 0.3) is 14.3 Å². The molecule has 0 aromatic heterocycles. The normalized spacial score (nSPS) is 12.5. The topological polar surface area (TPSA) is 18.5 Å². The van der Waals surface area contributed by atoms with Crippen molar-refractivity contribution in [3.05, 3.63) is 12.5 Å². The van der Waals surface area contributed by atoms with Crippen LogP contribution in [-0.4, -0.2) is 14.9 Å². The van der Waals surface area contributed by atoms with Gasteiger partial charge in [0.2, 0.25) is 0 Å². The molecule has 0 unspecified atom stereocenters. The van der Waals surface area contributed by atoms with Gasteiger partial charge in [0, 0.05) is 0 Å². The van der Waals surface area contributed by atoms with Gasteiger partial charge in [0.15, 0.2) is 0 Å². The van der Waals surface area contributed by atoms with E-state index in [2.05, 4.69) is 40.4 Å². The standard InChI is InChI=1S/C10H22O2Si/c1-8-11-9(2)12-13(6,7)10(3,4)5/h2,8H2,1,3-7H3. The maximum atomic E-state index is 5.76. The molecule has 0 aromatic rings. The van der Waals surface area contributed by atoms with Gasteiger partial charge < -0.3 is 9.16 Å². The molecule has 0 fully saturated rings. The quantitative estimate of drug-likeness (QED) is 0.513. The van der Waals surface area contributed by atoms with Crippen molar-refractivity contribution in [1.29, 1.82) is 0 Å². The Morgan fingerprint density at radius 3 is 2.08 bits per heavy atom. The molecule has 0 radical (unpaired) electrons. The third-order valence-electron chi connectivity index (χ3n) is 2.48. The molecule has 0 bridgehead atoms. The first-order valence-corrected chi connectivity index (χ1v) is 7.62. The molecular formula is C10H22O2Si. The average molecular weight is 202 g/mol. The summed E-state index contributed by atoms with van der Waals surface area (Å²) in [4.78, 5) is 0. The molecule has 0 spiro atoms. The van der Waals surface area contributed by atoms with Crippen molar-refractivity contribution >= 4 is 8.32 Å². The molecule has 13 heavy (non-hydrogen) atoms. The molecule has 0 aliphatic rings. The Morgan fingerprint density at radius 1 is 1.31 bits per heavy atom. The Hall–Kier alpha value is -0.443. The molecule has 2 nitrogen and oxygen atoms in total. The van der Waals surface area contributed by atoms with E-state index >= 15 is 0 Å². The molecule has 0 saturated carbocycles. The van der Waals surface area contributed by atoms with E-state index in [1.807, 2.05) is 6.92 Å². The Morgan fingerprint density at radius 2 is 1.77 bits per heavy atom. The van der Waals surface area contributed by atoms with Crippen LogP contribution in [0, 0.1) is 0 Å². The highest BCUT2D eigenvalue weighted by atomic mass is 28.4. The SMILES string of the molecule is C=C(OCC)O[Si](C)(C)C(C)(C)C. The molecule has 0 N–H and O–H groups in total. The Kier molecular flexibility index (Phi) is 4.04. The van der Waals surface area contributed by atoms with Crippen molar-refractivity contribution in [1.82, 2.24) is 0 Å². The third kappa shape index (κ3) is 3.85. The van der Waals surface area contributed by atoms with Crippen LogP contribution in [0.4, 0.5) is 0 Å². The Bertz CT molecular complexity index is 180. The van der Waals surface area contributed by atoms with Crippen LogP contribution in [0.25, 0.3) is 0 Å². The van der Waals surface area contributed by atoms with E-state index in [-0.39, 0.29) is 5.04 Å². The number of rotatable bonds is 4. The molecule has 0 amide bonds. The van der Waals surface area contributed by atoms with Gasteiger partial charge in [0.05, 0.1) is 6.61 Å². The molecule has 3 heteroatoms. The van der Waals surface area contributed by atoms with E-state index in [0.29, 0.717) is 12.6 Å². The van der Waals surface area contributed by atoms with Gasteiger partial charge in [-0.3, -0.25) is 0 Å². The van der Waals surface area contributed by atoms with E-state index in [9.17, 15) is 0 Å². The van der Waals surface area contributed by atoms with Crippen LogP contribution >= 0.6 is 0 Å². The minimum Gasteiger partial charge on any atom is -0.519 e. The first-order chi connectivity index (χ1) is 5.70. The fraction of sp³-hybridized carbons (Fsp3) is 0.800. The maximum absolute atomic E-state index is 5.76. The minimum absolute atomic E-state index is 0.201. The number of hydrogen-bond donors (Lipinski definition) is 0. The zero-order chi connectivity index (χ0) is 10.7. The summed E-state index contributed by atoms with van der Waals surface area (Å²) in [6.45, 7) is 17.2. The van der Waals surface area contributed by atoms with Crippen LogP contribution in [0.2, 0.25) is 18.1 Å². The van der Waals surface area contributed by atoms with Gasteiger partial charge >= 0.3 is 0 Å². The first kappa shape index (κ1) is 12.6. The van der Waals surface area contributed by atoms with Gasteiger partial charge in [-0.15, -0.1) is 0 Å². The van der Waals surface area contributed by atoms with Crippen molar-refractivity contribution in [3.63, 3.8) is 0 Å². The first-order valence-electron chi connectivity index (χ1n) is 4.71. The summed E-state index contributed by atoms with van der Waals surface area (Å²) in [7, 11) is -1.73. The smallest absolute Gasteiger partial charge is 0.257 e. The lowest BCUT2D eigenvalue weighted by Crippen LogP contribution is -2.40. The third-order valence-corrected chi connectivity index (χ3v) is 6.83. The lowest BCUT2D eigenvalue weighted by atomic mass is 10.2. The zero-order valence-corrected chi connectivity index (χ0v) is 10.7. The second kappa shape index (κ2) is 4.18. The molecule has 0 atom stereocenters. The van der Waals surface area contributed by atoms with Crippen molar-refractivity contribution in [2.45, 2.75) is 45.8 Å². The van der Waals surface area contributed by atoms with Gasteiger partial charge in [-0.1, -0.05) is 20.8 Å². The van der Waals surface area contributed by atoms with E-state index in [0.717, 1.165) is 0 Å². The average Bonchev–Trinajstić information content (AvgIpc) is 1.83. The van der Waals surface area contributed by atoms with Crippen molar-refractivity contribution in [3.8, 4) is 0 Å². The highest BCUT2D eigenvalue weighted by Crippen LogP contribution is 2.37. The van der Waals surface area contributed by atoms with Crippen LogP contribution in [0.15, 0.2) is 12.5 Å². The van der Waals surface area contributed by atoms with Crippen LogP contribution in [-0.2, 0) is 9.16 Å². The summed E-state index contributed by atoms with van der Waals surface area (Å²) in [5.41, 5.74) is 0. The molecular weight excluding hydrogens is 180 g/mol. The molecule has 0 heterocycles. The van der Waals surface area contributed by atoms with E-state index in [4.69, 9.17) is 9.16 Å². The summed E-state index contributed by atoms with van der Waals surface area (Å²) in [6, 6.07) is 0. The van der Waals surface area contributed by atoms with E-state index in [1.54, 1.807) is 0 Å². The summed E-state index contributed by atoms with van der Waals surface area (Å²) in [5.74, 6) is 0.467. The highest BCUT2D eigenvalue weighted by molar-refractivity contribution is 6.74. The van der Waals surface area contributed by atoms with Gasteiger partial charge in [-0.05, 0) is 31.6 Å². The highest BCUT2D eigenvalue weighted by Gasteiger charge is 2.39. The van der Waals surface area contributed by atoms with Gasteiger partial charge in [-0.2, -0.15) is 0 Å². The summed E-state index contributed by atoms with van der Waals surface area (Å²) < 4.78 is 11.0. The molecule has 0 aliphatic heterocycles. The summed E-state index contributed by atoms with van der Waals surface area (Å²) in [6.07, 6.45) is 0. The minimum atomic E-state index is -1.73. The number of hydrogen-bond acceptors (Lipinski definition) is 2. The molecule has 0 rings (SSSR count). The second-order valence-electron chi connectivity index (χ2n) is 4.67. The second-order valence-corrected chi connectivity index (χ2v) is 9.39. The Balaban J connectivity index is 4.26. The predicted octanol–water partition coefficient (Wildman–Crippen LogP) is 3.52. The fourth-order valence-electron chi connectivity index (χ4n) is 0.628. The molecule has 0 aliphatic carbocycles. The summed E-state index contributed by atoms with van der Waals surface area (Å²) in [5, 5.41) is 0.201. The van der Waals surface area contributed by atoms with Crippen LogP contribution in [0.3, 0.4) is 0 Å². The largest absolute Gasteiger partial charge is 0.519 e. The van der Waals surface area contributed by atoms with Crippen molar-refractivity contribution in [2.24, 2.45) is 0 Å². The van der Waals surface area contributed by atoms with Crippen LogP contribution in [0.1, 0.15) is 27.7 Å². The van der Waals surface area contributed by atoms with Crippen molar-refractivity contribution in [2.75, 3.05) is 6.61 Å². The Labute approximate surface area is 83.1 Å². The molecule has 78 valence electrons.